The Morgan fingerprint density at radius 1 is 0.718 bits per heavy atom. The first-order valence-corrected chi connectivity index (χ1v) is 11.6. The van der Waals surface area contributed by atoms with Crippen LogP contribution in [-0.2, 0) is 28.7 Å². The van der Waals surface area contributed by atoms with Gasteiger partial charge in [0.2, 0.25) is 5.91 Å². The molecule has 0 heterocycles. The molecule has 0 radical (unpaired) electrons. The fourth-order valence-corrected chi connectivity index (χ4v) is 3.42. The van der Waals surface area contributed by atoms with Crippen LogP contribution < -0.4 is 5.32 Å². The summed E-state index contributed by atoms with van der Waals surface area (Å²) in [5.74, 6) is -6.83. The fraction of sp³-hybridized carbons (Fsp3) is 0.478. The van der Waals surface area contributed by atoms with Gasteiger partial charge in [-0.2, -0.15) is 0 Å². The van der Waals surface area contributed by atoms with E-state index in [0.29, 0.717) is 0 Å². The number of hydrogen-bond donors (Lipinski definition) is 6. The van der Waals surface area contributed by atoms with Crippen LogP contribution in [0.4, 0.5) is 5.69 Å². The van der Waals surface area contributed by atoms with Crippen LogP contribution in [0.1, 0.15) is 17.3 Å². The molecule has 1 amide bonds. The summed E-state index contributed by atoms with van der Waals surface area (Å²) in [6.45, 7) is -1.15. The lowest BCUT2D eigenvalue weighted by Gasteiger charge is -2.27. The van der Waals surface area contributed by atoms with E-state index in [9.17, 15) is 44.1 Å². The van der Waals surface area contributed by atoms with Gasteiger partial charge in [-0.1, -0.05) is 0 Å². The summed E-state index contributed by atoms with van der Waals surface area (Å²) in [5.41, 5.74) is 0.0245. The Morgan fingerprint density at radius 2 is 1.15 bits per heavy atom. The first-order chi connectivity index (χ1) is 18.3. The first kappa shape index (κ1) is 32.7. The molecule has 0 saturated carbocycles. The number of rotatable bonds is 19. The molecule has 0 aliphatic rings. The van der Waals surface area contributed by atoms with Gasteiger partial charge in [0.25, 0.3) is 0 Å². The highest BCUT2D eigenvalue weighted by Crippen LogP contribution is 2.22. The quantitative estimate of drug-likeness (QED) is 0.109. The SMILES string of the molecule is CCOC(=O)c1ccc(NC(=O)CN(CCN(CCN(CC(=O)O)CC(=O)O)CC(=O)O)CC(=O)O)cc1O. The summed E-state index contributed by atoms with van der Waals surface area (Å²) in [6, 6.07) is 3.72. The molecule has 0 aliphatic carbocycles. The maximum atomic E-state index is 12.5. The van der Waals surface area contributed by atoms with Crippen molar-refractivity contribution in [3.63, 3.8) is 0 Å². The number of esters is 1. The van der Waals surface area contributed by atoms with E-state index in [-0.39, 0.29) is 44.0 Å². The van der Waals surface area contributed by atoms with Crippen molar-refractivity contribution in [3.05, 3.63) is 23.8 Å². The zero-order valence-electron chi connectivity index (χ0n) is 21.2. The van der Waals surface area contributed by atoms with Crippen molar-refractivity contribution < 1.29 is 59.0 Å². The van der Waals surface area contributed by atoms with Gasteiger partial charge < -0.3 is 35.6 Å². The lowest BCUT2D eigenvalue weighted by molar-refractivity contribution is -0.143. The van der Waals surface area contributed by atoms with Crippen LogP contribution >= 0.6 is 0 Å². The molecule has 1 rings (SSSR count). The number of ether oxygens (including phenoxy) is 1. The summed E-state index contributed by atoms with van der Waals surface area (Å²) in [5, 5.41) is 48.9. The van der Waals surface area contributed by atoms with Crippen LogP contribution in [0, 0.1) is 0 Å². The second-order valence-electron chi connectivity index (χ2n) is 8.27. The molecule has 0 atom stereocenters. The molecule has 0 saturated heterocycles. The van der Waals surface area contributed by atoms with Crippen LogP contribution in [-0.4, -0.2) is 141 Å². The molecule has 216 valence electrons. The molecular weight excluding hydrogens is 524 g/mol. The van der Waals surface area contributed by atoms with Crippen molar-refractivity contribution in [2.75, 3.05) is 70.8 Å². The highest BCUT2D eigenvalue weighted by molar-refractivity contribution is 5.96. The first-order valence-electron chi connectivity index (χ1n) is 11.6. The maximum absolute atomic E-state index is 12.5. The zero-order chi connectivity index (χ0) is 29.5. The van der Waals surface area contributed by atoms with Crippen LogP contribution in [0.15, 0.2) is 18.2 Å². The van der Waals surface area contributed by atoms with Gasteiger partial charge in [0.05, 0.1) is 39.3 Å². The number of benzene rings is 1. The summed E-state index contributed by atoms with van der Waals surface area (Å²) < 4.78 is 4.81. The van der Waals surface area contributed by atoms with E-state index >= 15 is 0 Å². The van der Waals surface area contributed by atoms with Gasteiger partial charge in [0, 0.05) is 37.9 Å². The van der Waals surface area contributed by atoms with Crippen molar-refractivity contribution in [2.45, 2.75) is 6.92 Å². The summed E-state index contributed by atoms with van der Waals surface area (Å²) in [6.07, 6.45) is 0. The van der Waals surface area contributed by atoms with E-state index in [1.165, 1.54) is 21.9 Å². The predicted molar refractivity (Wildman–Crippen MR) is 133 cm³/mol. The Balaban J connectivity index is 2.83. The van der Waals surface area contributed by atoms with Crippen molar-refractivity contribution in [2.24, 2.45) is 0 Å². The molecule has 6 N–H and O–H groups in total. The number of anilines is 1. The van der Waals surface area contributed by atoms with Crippen LogP contribution in [0.25, 0.3) is 0 Å². The second-order valence-corrected chi connectivity index (χ2v) is 8.27. The Kier molecular flexibility index (Phi) is 13.9. The number of phenols is 1. The van der Waals surface area contributed by atoms with Gasteiger partial charge in [0.15, 0.2) is 0 Å². The number of nitrogens with zero attached hydrogens (tertiary/aromatic N) is 3. The second kappa shape index (κ2) is 16.5. The maximum Gasteiger partial charge on any atom is 0.341 e. The topological polar surface area (TPSA) is 235 Å². The average Bonchev–Trinajstić information content (AvgIpc) is 2.79. The number of carboxylic acid groups (broad SMARTS) is 4. The molecule has 39 heavy (non-hydrogen) atoms. The third-order valence-electron chi connectivity index (χ3n) is 5.04. The number of amides is 1. The minimum atomic E-state index is -1.26. The van der Waals surface area contributed by atoms with Crippen LogP contribution in [0.5, 0.6) is 5.75 Å². The zero-order valence-corrected chi connectivity index (χ0v) is 21.2. The molecule has 16 nitrogen and oxygen atoms in total. The van der Waals surface area contributed by atoms with Crippen molar-refractivity contribution in [1.82, 2.24) is 14.7 Å². The van der Waals surface area contributed by atoms with Crippen LogP contribution in [0.3, 0.4) is 0 Å². The summed E-state index contributed by atoms with van der Waals surface area (Å²) in [7, 11) is 0. The van der Waals surface area contributed by atoms with E-state index in [0.717, 1.165) is 11.0 Å². The summed E-state index contributed by atoms with van der Waals surface area (Å²) in [4.78, 5) is 72.6. The van der Waals surface area contributed by atoms with E-state index < -0.39 is 74.2 Å². The van der Waals surface area contributed by atoms with Gasteiger partial charge in [0.1, 0.15) is 11.3 Å². The molecule has 1 aromatic carbocycles. The van der Waals surface area contributed by atoms with Gasteiger partial charge in [-0.3, -0.25) is 38.7 Å². The number of nitrogens with one attached hydrogen (secondary N) is 1. The number of hydrogen-bond acceptors (Lipinski definition) is 11. The molecular formula is C23H32N4O12. The Morgan fingerprint density at radius 3 is 1.59 bits per heavy atom. The van der Waals surface area contributed by atoms with Crippen molar-refractivity contribution in [3.8, 4) is 5.75 Å². The van der Waals surface area contributed by atoms with E-state index in [4.69, 9.17) is 14.9 Å². The molecule has 0 unspecified atom stereocenters. The van der Waals surface area contributed by atoms with E-state index in [1.807, 2.05) is 0 Å². The van der Waals surface area contributed by atoms with Crippen molar-refractivity contribution >= 4 is 41.4 Å². The largest absolute Gasteiger partial charge is 0.507 e. The van der Waals surface area contributed by atoms with Crippen molar-refractivity contribution in [1.29, 1.82) is 0 Å². The van der Waals surface area contributed by atoms with Gasteiger partial charge in [-0.25, -0.2) is 4.79 Å². The number of carbonyl (C=O) groups is 6. The van der Waals surface area contributed by atoms with E-state index in [2.05, 4.69) is 5.32 Å². The minimum Gasteiger partial charge on any atom is -0.507 e. The summed E-state index contributed by atoms with van der Waals surface area (Å²) >= 11 is 0. The van der Waals surface area contributed by atoms with E-state index in [1.54, 1.807) is 6.92 Å². The highest BCUT2D eigenvalue weighted by atomic mass is 16.5. The number of carboxylic acids is 4. The highest BCUT2D eigenvalue weighted by Gasteiger charge is 2.20. The standard InChI is InChI=1S/C23H32N4O12/c1-2-39-23(38)16-4-3-15(9-17(16)28)24-18(29)10-26(12-20(32)33)7-5-25(11-19(30)31)6-8-27(13-21(34)35)14-22(36)37/h3-4,9,28H,2,5-8,10-14H2,1H3,(H,24,29)(H,30,31)(H,32,33)(H,34,35)(H,36,37). The molecule has 0 aliphatic heterocycles. The monoisotopic (exact) mass is 556 g/mol. The predicted octanol–water partition coefficient (Wildman–Crippen LogP) is -1.25. The minimum absolute atomic E-state index is 0.0319. The number of carbonyl (C=O) groups excluding carboxylic acids is 2. The number of aromatic hydroxyl groups is 1. The molecule has 1 aromatic rings. The molecule has 0 fully saturated rings. The number of phenolic OH excluding ortho intramolecular Hbond substituents is 1. The van der Waals surface area contributed by atoms with Crippen LogP contribution in [0.2, 0.25) is 0 Å². The third-order valence-corrected chi connectivity index (χ3v) is 5.04. The third kappa shape index (κ3) is 13.7. The molecule has 0 spiro atoms. The van der Waals surface area contributed by atoms with Gasteiger partial charge >= 0.3 is 29.8 Å². The Labute approximate surface area is 223 Å². The Hall–Kier alpha value is -4.28. The normalized spacial score (nSPS) is 11.0. The molecule has 0 aromatic heterocycles. The van der Waals surface area contributed by atoms with Gasteiger partial charge in [-0.15, -0.1) is 0 Å². The molecule has 0 bridgehead atoms. The number of aliphatic carboxylic acids is 4. The molecule has 16 heteroatoms. The Bertz CT molecular complexity index is 1030. The lowest BCUT2D eigenvalue weighted by atomic mass is 10.2. The smallest absolute Gasteiger partial charge is 0.341 e. The fourth-order valence-electron chi connectivity index (χ4n) is 3.42. The van der Waals surface area contributed by atoms with Gasteiger partial charge in [-0.05, 0) is 19.1 Å². The lowest BCUT2D eigenvalue weighted by Crippen LogP contribution is -2.46. The average molecular weight is 557 g/mol.